The monoisotopic (exact) mass is 312 g/mol. The van der Waals surface area contributed by atoms with Crippen molar-refractivity contribution in [1.29, 1.82) is 0 Å². The molecule has 2 fully saturated rings. The minimum absolute atomic E-state index is 0.00421. The van der Waals surface area contributed by atoms with Gasteiger partial charge in [0.05, 0.1) is 7.11 Å². The lowest BCUT2D eigenvalue weighted by Crippen LogP contribution is -2.53. The number of nitrogens with zero attached hydrogens (tertiary/aromatic N) is 2. The third-order valence-electron chi connectivity index (χ3n) is 4.47. The maximum atomic E-state index is 12.1. The highest BCUT2D eigenvalue weighted by molar-refractivity contribution is 5.75. The summed E-state index contributed by atoms with van der Waals surface area (Å²) in [6.07, 6.45) is 2.44. The molecule has 2 atom stereocenters. The topological polar surface area (TPSA) is 73.9 Å². The van der Waals surface area contributed by atoms with Crippen molar-refractivity contribution in [2.75, 3.05) is 33.3 Å². The molecule has 0 radical (unpaired) electrons. The Hall–Kier alpha value is -1.50. The van der Waals surface area contributed by atoms with E-state index in [2.05, 4.69) is 29.4 Å². The first-order chi connectivity index (χ1) is 10.5. The van der Waals surface area contributed by atoms with Crippen LogP contribution in [0.4, 0.5) is 9.59 Å². The molecule has 2 aliphatic heterocycles. The van der Waals surface area contributed by atoms with Gasteiger partial charge in [-0.05, 0) is 33.1 Å². The Kier molecular flexibility index (Phi) is 5.88. The Morgan fingerprint density at radius 1 is 1.09 bits per heavy atom. The van der Waals surface area contributed by atoms with Crippen molar-refractivity contribution in [3.63, 3.8) is 0 Å². The average Bonchev–Trinajstić information content (AvgIpc) is 2.95. The summed E-state index contributed by atoms with van der Waals surface area (Å²) in [6, 6.07) is 0.590. The molecule has 0 unspecified atom stereocenters. The number of nitrogens with one attached hydrogen (secondary N) is 2. The van der Waals surface area contributed by atoms with Crippen molar-refractivity contribution in [3.8, 4) is 0 Å². The number of methoxy groups -OCH3 is 1. The molecule has 0 aromatic carbocycles. The van der Waals surface area contributed by atoms with Gasteiger partial charge in [0, 0.05) is 44.3 Å². The van der Waals surface area contributed by atoms with E-state index in [-0.39, 0.29) is 24.2 Å². The van der Waals surface area contributed by atoms with Gasteiger partial charge in [0.1, 0.15) is 0 Å². The maximum Gasteiger partial charge on any atom is 0.409 e. The largest absolute Gasteiger partial charge is 0.453 e. The smallest absolute Gasteiger partial charge is 0.409 e. The highest BCUT2D eigenvalue weighted by Crippen LogP contribution is 2.13. The standard InChI is InChI=1S/C15H28N4O3/c1-11(2)18-8-6-13(9-18)17-14(20)16-12-5-4-7-19(10-12)15(21)22-3/h11-13H,4-10H2,1-3H3,(H2,16,17,20)/t12-,13-/m1/s1. The summed E-state index contributed by atoms with van der Waals surface area (Å²) in [7, 11) is 1.38. The van der Waals surface area contributed by atoms with Crippen LogP contribution in [0.5, 0.6) is 0 Å². The molecule has 0 aromatic rings. The number of hydrogen-bond donors (Lipinski definition) is 2. The van der Waals surface area contributed by atoms with Crippen LogP contribution in [0.1, 0.15) is 33.1 Å². The van der Waals surface area contributed by atoms with Gasteiger partial charge in [-0.1, -0.05) is 0 Å². The lowest BCUT2D eigenvalue weighted by molar-refractivity contribution is 0.108. The zero-order chi connectivity index (χ0) is 16.1. The van der Waals surface area contributed by atoms with Gasteiger partial charge in [0.25, 0.3) is 0 Å². The van der Waals surface area contributed by atoms with Crippen LogP contribution < -0.4 is 10.6 Å². The predicted molar refractivity (Wildman–Crippen MR) is 83.8 cm³/mol. The molecule has 0 spiro atoms. The number of carbonyl (C=O) groups is 2. The van der Waals surface area contributed by atoms with E-state index in [1.165, 1.54) is 7.11 Å². The van der Waals surface area contributed by atoms with E-state index in [1.54, 1.807) is 4.90 Å². The van der Waals surface area contributed by atoms with Crippen molar-refractivity contribution < 1.29 is 14.3 Å². The first-order valence-electron chi connectivity index (χ1n) is 8.13. The van der Waals surface area contributed by atoms with E-state index >= 15 is 0 Å². The summed E-state index contributed by atoms with van der Waals surface area (Å²) < 4.78 is 4.74. The lowest BCUT2D eigenvalue weighted by Gasteiger charge is -2.32. The van der Waals surface area contributed by atoms with E-state index < -0.39 is 0 Å². The average molecular weight is 312 g/mol. The lowest BCUT2D eigenvalue weighted by atomic mass is 10.1. The van der Waals surface area contributed by atoms with Crippen LogP contribution in [0.2, 0.25) is 0 Å². The van der Waals surface area contributed by atoms with Gasteiger partial charge in [-0.2, -0.15) is 0 Å². The molecule has 7 nitrogen and oxygen atoms in total. The van der Waals surface area contributed by atoms with Crippen LogP contribution in [0, 0.1) is 0 Å². The number of ether oxygens (including phenoxy) is 1. The fourth-order valence-corrected chi connectivity index (χ4v) is 3.18. The normalized spacial score (nSPS) is 26.1. The van der Waals surface area contributed by atoms with Gasteiger partial charge >= 0.3 is 12.1 Å². The molecule has 0 aromatic heterocycles. The van der Waals surface area contributed by atoms with Crippen LogP contribution in [0.15, 0.2) is 0 Å². The number of rotatable bonds is 3. The zero-order valence-corrected chi connectivity index (χ0v) is 13.8. The van der Waals surface area contributed by atoms with Crippen molar-refractivity contribution in [3.05, 3.63) is 0 Å². The quantitative estimate of drug-likeness (QED) is 0.815. The minimum atomic E-state index is -0.324. The van der Waals surface area contributed by atoms with Gasteiger partial charge in [-0.15, -0.1) is 0 Å². The van der Waals surface area contributed by atoms with Crippen molar-refractivity contribution in [2.45, 2.75) is 51.2 Å². The molecule has 3 amide bonds. The summed E-state index contributed by atoms with van der Waals surface area (Å²) in [4.78, 5) is 27.7. The molecule has 22 heavy (non-hydrogen) atoms. The number of carbonyl (C=O) groups excluding carboxylic acids is 2. The molecule has 2 N–H and O–H groups in total. The third-order valence-corrected chi connectivity index (χ3v) is 4.47. The highest BCUT2D eigenvalue weighted by atomic mass is 16.5. The van der Waals surface area contributed by atoms with Gasteiger partial charge in [0.2, 0.25) is 0 Å². The second-order valence-electron chi connectivity index (χ2n) is 6.45. The van der Waals surface area contributed by atoms with E-state index in [0.717, 1.165) is 32.4 Å². The van der Waals surface area contributed by atoms with Gasteiger partial charge in [-0.3, -0.25) is 4.90 Å². The first kappa shape index (κ1) is 16.9. The fraction of sp³-hybridized carbons (Fsp3) is 0.867. The molecule has 2 rings (SSSR count). The molecule has 0 aliphatic carbocycles. The minimum Gasteiger partial charge on any atom is -0.453 e. The Balaban J connectivity index is 1.74. The summed E-state index contributed by atoms with van der Waals surface area (Å²) >= 11 is 0. The Bertz CT molecular complexity index is 402. The second-order valence-corrected chi connectivity index (χ2v) is 6.45. The van der Waals surface area contributed by atoms with Crippen LogP contribution >= 0.6 is 0 Å². The van der Waals surface area contributed by atoms with Gasteiger partial charge in [0.15, 0.2) is 0 Å². The molecule has 126 valence electrons. The zero-order valence-electron chi connectivity index (χ0n) is 13.8. The maximum absolute atomic E-state index is 12.1. The predicted octanol–water partition coefficient (Wildman–Crippen LogP) is 0.999. The number of piperidine rings is 1. The molecule has 0 bridgehead atoms. The number of hydrogen-bond acceptors (Lipinski definition) is 4. The first-order valence-corrected chi connectivity index (χ1v) is 8.13. The summed E-state index contributed by atoms with van der Waals surface area (Å²) in [5.74, 6) is 0. The Labute approximate surface area is 132 Å². The van der Waals surface area contributed by atoms with Crippen molar-refractivity contribution in [2.24, 2.45) is 0 Å². The molecule has 7 heteroatoms. The van der Waals surface area contributed by atoms with Crippen LogP contribution in [0.25, 0.3) is 0 Å². The fourth-order valence-electron chi connectivity index (χ4n) is 3.18. The van der Waals surface area contributed by atoms with E-state index in [9.17, 15) is 9.59 Å². The van der Waals surface area contributed by atoms with Crippen LogP contribution in [0.3, 0.4) is 0 Å². The van der Waals surface area contributed by atoms with Gasteiger partial charge in [-0.25, -0.2) is 9.59 Å². The SMILES string of the molecule is COC(=O)N1CCC[C@@H](NC(=O)N[C@@H]2CCN(C(C)C)C2)C1. The van der Waals surface area contributed by atoms with Crippen LogP contribution in [-0.2, 0) is 4.74 Å². The van der Waals surface area contributed by atoms with Crippen molar-refractivity contribution >= 4 is 12.1 Å². The number of likely N-dealkylation sites (tertiary alicyclic amines) is 2. The van der Waals surface area contributed by atoms with E-state index in [1.807, 2.05) is 0 Å². The molecular weight excluding hydrogens is 284 g/mol. The summed E-state index contributed by atoms with van der Waals surface area (Å²) in [6.45, 7) is 7.49. The Morgan fingerprint density at radius 2 is 1.77 bits per heavy atom. The second kappa shape index (κ2) is 7.67. The Morgan fingerprint density at radius 3 is 2.36 bits per heavy atom. The van der Waals surface area contributed by atoms with Gasteiger partial charge < -0.3 is 20.3 Å². The summed E-state index contributed by atoms with van der Waals surface area (Å²) in [5, 5.41) is 6.02. The highest BCUT2D eigenvalue weighted by Gasteiger charge is 2.28. The number of urea groups is 1. The molecule has 0 saturated carbocycles. The van der Waals surface area contributed by atoms with Crippen molar-refractivity contribution in [1.82, 2.24) is 20.4 Å². The van der Waals surface area contributed by atoms with E-state index in [0.29, 0.717) is 19.1 Å². The molecule has 2 aliphatic rings. The third kappa shape index (κ3) is 4.50. The molecule has 2 saturated heterocycles. The van der Waals surface area contributed by atoms with E-state index in [4.69, 9.17) is 4.74 Å². The summed E-state index contributed by atoms with van der Waals surface area (Å²) in [5.41, 5.74) is 0. The van der Waals surface area contributed by atoms with Crippen LogP contribution in [-0.4, -0.2) is 73.3 Å². The number of amides is 3. The molecular formula is C15H28N4O3. The molecule has 2 heterocycles.